The molecule has 1 aliphatic rings. The second-order valence-electron chi connectivity index (χ2n) is 5.42. The highest BCUT2D eigenvalue weighted by Crippen LogP contribution is 2.34. The van der Waals surface area contributed by atoms with Gasteiger partial charge in [-0.3, -0.25) is 25.2 Å². The number of carbonyl (C=O) groups is 2. The maximum absolute atomic E-state index is 12.7. The fourth-order valence-electron chi connectivity index (χ4n) is 2.29. The lowest BCUT2D eigenvalue weighted by atomic mass is 10.3. The van der Waals surface area contributed by atoms with Gasteiger partial charge in [-0.2, -0.15) is 0 Å². The fourth-order valence-corrected chi connectivity index (χ4v) is 3.19. The van der Waals surface area contributed by atoms with Crippen molar-refractivity contribution >= 4 is 45.9 Å². The molecule has 0 bridgehead atoms. The van der Waals surface area contributed by atoms with Crippen LogP contribution in [0.3, 0.4) is 0 Å². The van der Waals surface area contributed by atoms with Crippen LogP contribution in [-0.4, -0.2) is 29.1 Å². The van der Waals surface area contributed by atoms with Crippen molar-refractivity contribution in [3.05, 3.63) is 75.7 Å². The highest BCUT2D eigenvalue weighted by Gasteiger charge is 2.35. The van der Waals surface area contributed by atoms with Crippen LogP contribution in [0.15, 0.2) is 70.7 Å². The minimum Gasteiger partial charge on any atom is -0.466 e. The van der Waals surface area contributed by atoms with Crippen LogP contribution >= 0.6 is 11.8 Å². The summed E-state index contributed by atoms with van der Waals surface area (Å²) in [6, 6.07) is 14.5. The number of para-hydroxylation sites is 1. The number of hydrogen-bond donors (Lipinski definition) is 1. The van der Waals surface area contributed by atoms with E-state index in [9.17, 15) is 19.7 Å². The zero-order valence-electron chi connectivity index (χ0n) is 14.6. The quantitative estimate of drug-likeness (QED) is 0.356. The van der Waals surface area contributed by atoms with Crippen LogP contribution in [-0.2, 0) is 14.3 Å². The molecule has 0 spiro atoms. The third-order valence-corrected chi connectivity index (χ3v) is 4.60. The molecule has 1 aliphatic heterocycles. The van der Waals surface area contributed by atoms with Crippen molar-refractivity contribution in [2.24, 2.45) is 5.10 Å². The van der Waals surface area contributed by atoms with Gasteiger partial charge in [-0.1, -0.05) is 18.2 Å². The Morgan fingerprint density at radius 1 is 1.21 bits per heavy atom. The number of anilines is 2. The number of non-ortho nitro benzene ring substituents is 1. The second-order valence-corrected chi connectivity index (χ2v) is 6.43. The van der Waals surface area contributed by atoms with E-state index in [-0.39, 0.29) is 10.6 Å². The van der Waals surface area contributed by atoms with Gasteiger partial charge in [-0.25, -0.2) is 4.79 Å². The van der Waals surface area contributed by atoms with Gasteiger partial charge in [0.25, 0.3) is 11.6 Å². The van der Waals surface area contributed by atoms with Gasteiger partial charge in [0.05, 0.1) is 28.3 Å². The first-order valence-electron chi connectivity index (χ1n) is 7.95. The molecule has 0 aromatic heterocycles. The number of nitrogens with zero attached hydrogens (tertiary/aromatic N) is 3. The van der Waals surface area contributed by atoms with Gasteiger partial charge >= 0.3 is 5.97 Å². The van der Waals surface area contributed by atoms with Crippen LogP contribution in [0.2, 0.25) is 0 Å². The lowest BCUT2D eigenvalue weighted by Gasteiger charge is -2.15. The smallest absolute Gasteiger partial charge is 0.331 e. The van der Waals surface area contributed by atoms with E-state index in [1.54, 1.807) is 24.3 Å². The van der Waals surface area contributed by atoms with Gasteiger partial charge in [-0.05, 0) is 36.0 Å². The lowest BCUT2D eigenvalue weighted by molar-refractivity contribution is -0.384. The number of nitrogens with one attached hydrogen (secondary N) is 1. The number of rotatable bonds is 5. The summed E-state index contributed by atoms with van der Waals surface area (Å²) in [5, 5.41) is 15.3. The number of nitro benzene ring substituents is 1. The zero-order valence-corrected chi connectivity index (χ0v) is 15.4. The number of amidine groups is 1. The summed E-state index contributed by atoms with van der Waals surface area (Å²) >= 11 is 1.01. The molecule has 2 aromatic rings. The summed E-state index contributed by atoms with van der Waals surface area (Å²) in [5.74, 6) is -1.06. The molecule has 1 N–H and O–H groups in total. The summed E-state index contributed by atoms with van der Waals surface area (Å²) in [6.07, 6.45) is 1.11. The van der Waals surface area contributed by atoms with Crippen LogP contribution in [0.25, 0.3) is 0 Å². The maximum atomic E-state index is 12.7. The molecule has 0 saturated carbocycles. The number of nitro groups is 1. The molecule has 1 heterocycles. The van der Waals surface area contributed by atoms with E-state index < -0.39 is 16.8 Å². The van der Waals surface area contributed by atoms with Gasteiger partial charge in [0.15, 0.2) is 5.17 Å². The van der Waals surface area contributed by atoms with Gasteiger partial charge in [0.2, 0.25) is 0 Å². The van der Waals surface area contributed by atoms with E-state index in [1.807, 2.05) is 6.07 Å². The van der Waals surface area contributed by atoms with Gasteiger partial charge in [0.1, 0.15) is 0 Å². The minimum absolute atomic E-state index is 0.0437. The molecule has 1 fully saturated rings. The van der Waals surface area contributed by atoms with E-state index >= 15 is 0 Å². The molecule has 142 valence electrons. The number of thioether (sulfide) groups is 1. The number of ether oxygens (including phenoxy) is 1. The normalized spacial score (nSPS) is 16.5. The van der Waals surface area contributed by atoms with E-state index in [0.717, 1.165) is 17.8 Å². The largest absolute Gasteiger partial charge is 0.466 e. The van der Waals surface area contributed by atoms with Crippen molar-refractivity contribution in [2.75, 3.05) is 17.4 Å². The van der Waals surface area contributed by atoms with Crippen molar-refractivity contribution in [1.82, 2.24) is 0 Å². The number of esters is 1. The molecule has 0 atom stereocenters. The summed E-state index contributed by atoms with van der Waals surface area (Å²) in [7, 11) is 1.23. The Bertz CT molecular complexity index is 973. The molecule has 1 saturated heterocycles. The second kappa shape index (κ2) is 8.35. The van der Waals surface area contributed by atoms with E-state index in [4.69, 9.17) is 0 Å². The molecule has 28 heavy (non-hydrogen) atoms. The first-order chi connectivity index (χ1) is 13.5. The lowest BCUT2D eigenvalue weighted by Crippen LogP contribution is -2.29. The van der Waals surface area contributed by atoms with Crippen molar-refractivity contribution in [1.29, 1.82) is 0 Å². The van der Waals surface area contributed by atoms with Crippen LogP contribution in [0.4, 0.5) is 17.1 Å². The van der Waals surface area contributed by atoms with Crippen LogP contribution in [0.1, 0.15) is 0 Å². The Labute approximate surface area is 163 Å². The predicted octanol–water partition coefficient (Wildman–Crippen LogP) is 3.11. The summed E-state index contributed by atoms with van der Waals surface area (Å²) in [6.45, 7) is 0. The first-order valence-corrected chi connectivity index (χ1v) is 8.76. The number of amides is 1. The molecule has 2 aromatic carbocycles. The Kier molecular flexibility index (Phi) is 5.70. The third-order valence-electron chi connectivity index (χ3n) is 3.63. The van der Waals surface area contributed by atoms with E-state index in [1.165, 1.54) is 36.3 Å². The zero-order chi connectivity index (χ0) is 20.1. The number of methoxy groups -OCH3 is 1. The topological polar surface area (TPSA) is 114 Å². The first kappa shape index (κ1) is 19.1. The fraction of sp³-hybridized carbons (Fsp3) is 0.0556. The molecule has 0 unspecified atom stereocenters. The van der Waals surface area contributed by atoms with Gasteiger partial charge in [0, 0.05) is 18.2 Å². The highest BCUT2D eigenvalue weighted by atomic mass is 32.2. The van der Waals surface area contributed by atoms with Crippen molar-refractivity contribution in [3.8, 4) is 0 Å². The van der Waals surface area contributed by atoms with Crippen LogP contribution < -0.4 is 10.3 Å². The predicted molar refractivity (Wildman–Crippen MR) is 106 cm³/mol. The average Bonchev–Trinajstić information content (AvgIpc) is 3.02. The molecule has 10 heteroatoms. The summed E-state index contributed by atoms with van der Waals surface area (Å²) in [4.78, 5) is 36.0. The monoisotopic (exact) mass is 398 g/mol. The van der Waals surface area contributed by atoms with Crippen LogP contribution in [0.5, 0.6) is 0 Å². The molecular weight excluding hydrogens is 384 g/mol. The molecule has 1 amide bonds. The molecule has 0 aliphatic carbocycles. The van der Waals surface area contributed by atoms with Crippen molar-refractivity contribution in [2.45, 2.75) is 0 Å². The number of carbonyl (C=O) groups excluding carboxylic acids is 2. The molecule has 3 rings (SSSR count). The number of hydrogen-bond acceptors (Lipinski definition) is 8. The summed E-state index contributed by atoms with van der Waals surface area (Å²) in [5.41, 5.74) is 3.81. The Hall–Kier alpha value is -3.66. The Morgan fingerprint density at radius 2 is 1.89 bits per heavy atom. The van der Waals surface area contributed by atoms with Gasteiger partial charge in [-0.15, -0.1) is 5.10 Å². The molecular formula is C18H14N4O5S. The Balaban J connectivity index is 1.90. The van der Waals surface area contributed by atoms with E-state index in [0.29, 0.717) is 16.5 Å². The van der Waals surface area contributed by atoms with Gasteiger partial charge < -0.3 is 4.74 Å². The summed E-state index contributed by atoms with van der Waals surface area (Å²) < 4.78 is 4.59. The highest BCUT2D eigenvalue weighted by molar-refractivity contribution is 8.19. The third kappa shape index (κ3) is 4.18. The standard InChI is InChI=1S/C18H14N4O5S/c1-27-16(23)11-15-17(24)21(13-5-3-2-4-6-13)18(28-15)20-19-12-7-9-14(10-8-12)22(25)26/h2-11,19H,1H3/b15-11+,20-18-. The molecule has 0 radical (unpaired) electrons. The number of hydrazone groups is 1. The maximum Gasteiger partial charge on any atom is 0.331 e. The molecule has 9 nitrogen and oxygen atoms in total. The Morgan fingerprint density at radius 3 is 2.50 bits per heavy atom. The van der Waals surface area contributed by atoms with Crippen LogP contribution in [0, 0.1) is 10.1 Å². The van der Waals surface area contributed by atoms with Crippen molar-refractivity contribution < 1.29 is 19.2 Å². The number of benzene rings is 2. The average molecular weight is 398 g/mol. The minimum atomic E-state index is -0.645. The van der Waals surface area contributed by atoms with Crippen molar-refractivity contribution in [3.63, 3.8) is 0 Å². The van der Waals surface area contributed by atoms with E-state index in [2.05, 4.69) is 15.3 Å². The SMILES string of the molecule is COC(=O)/C=C1/S/C(=N\Nc2ccc([N+](=O)[O-])cc2)N(c2ccccc2)C1=O.